The molecule has 0 radical (unpaired) electrons. The molecular weight excluding hydrogens is 300 g/mol. The van der Waals surface area contributed by atoms with Gasteiger partial charge in [-0.2, -0.15) is 0 Å². The highest BCUT2D eigenvalue weighted by Crippen LogP contribution is 2.61. The van der Waals surface area contributed by atoms with Crippen molar-refractivity contribution in [3.8, 4) is 0 Å². The summed E-state index contributed by atoms with van der Waals surface area (Å²) in [6.07, 6.45) is 8.93. The van der Waals surface area contributed by atoms with Crippen LogP contribution < -0.4 is 0 Å². The van der Waals surface area contributed by atoms with Crippen LogP contribution in [-0.2, 0) is 9.53 Å². The molecule has 1 saturated carbocycles. The van der Waals surface area contributed by atoms with E-state index >= 15 is 0 Å². The lowest BCUT2D eigenvalue weighted by atomic mass is 9.47. The monoisotopic (exact) mass is 336 g/mol. The third kappa shape index (κ3) is 3.56. The number of hydrogen-bond acceptors (Lipinski definition) is 3. The van der Waals surface area contributed by atoms with Crippen LogP contribution in [0.5, 0.6) is 0 Å². The molecule has 3 nitrogen and oxygen atoms in total. The van der Waals surface area contributed by atoms with Crippen LogP contribution in [0.2, 0.25) is 0 Å². The van der Waals surface area contributed by atoms with E-state index < -0.39 is 0 Å². The first-order chi connectivity index (χ1) is 11.3. The van der Waals surface area contributed by atoms with Gasteiger partial charge in [0.2, 0.25) is 0 Å². The minimum atomic E-state index is 0.0140. The van der Waals surface area contributed by atoms with Gasteiger partial charge in [0.05, 0.1) is 0 Å². The molecule has 3 heteroatoms. The van der Waals surface area contributed by atoms with E-state index in [1.54, 1.807) is 0 Å². The van der Waals surface area contributed by atoms with Crippen molar-refractivity contribution in [3.63, 3.8) is 0 Å². The van der Waals surface area contributed by atoms with Crippen LogP contribution in [-0.4, -0.2) is 24.3 Å². The van der Waals surface area contributed by atoms with Crippen molar-refractivity contribution in [2.45, 2.75) is 79.2 Å². The molecule has 138 valence electrons. The first kappa shape index (κ1) is 19.5. The van der Waals surface area contributed by atoms with E-state index in [0.29, 0.717) is 24.2 Å². The third-order valence-electron chi connectivity index (χ3n) is 7.28. The molecule has 0 spiro atoms. The molecule has 0 aromatic carbocycles. The SMILES string of the molecule is CC1=CC[C@H]2C(C)(C)[C@@H](OC=O)CC[C@]2(C)[C@H]1CC[C@H](C)CCO. The predicted octanol–water partition coefficient (Wildman–Crippen LogP) is 4.74. The van der Waals surface area contributed by atoms with Gasteiger partial charge in [-0.15, -0.1) is 0 Å². The highest BCUT2D eigenvalue weighted by molar-refractivity contribution is 5.38. The molecule has 0 aliphatic heterocycles. The van der Waals surface area contributed by atoms with Crippen LogP contribution in [0.25, 0.3) is 0 Å². The fraction of sp³-hybridized carbons (Fsp3) is 0.857. The molecule has 1 fully saturated rings. The first-order valence-electron chi connectivity index (χ1n) is 9.64. The smallest absolute Gasteiger partial charge is 0.293 e. The summed E-state index contributed by atoms with van der Waals surface area (Å²) in [5.74, 6) is 1.73. The lowest BCUT2D eigenvalue weighted by Crippen LogP contribution is -2.54. The number of hydrogen-bond donors (Lipinski definition) is 1. The van der Waals surface area contributed by atoms with Crippen molar-refractivity contribution in [1.29, 1.82) is 0 Å². The molecule has 2 aliphatic rings. The second-order valence-corrected chi connectivity index (χ2v) is 9.07. The summed E-state index contributed by atoms with van der Waals surface area (Å²) in [4.78, 5) is 10.9. The molecular formula is C21H36O3. The van der Waals surface area contributed by atoms with Crippen molar-refractivity contribution in [1.82, 2.24) is 0 Å². The minimum absolute atomic E-state index is 0.0140. The van der Waals surface area contributed by atoms with Gasteiger partial charge in [-0.25, -0.2) is 0 Å². The molecule has 24 heavy (non-hydrogen) atoms. The van der Waals surface area contributed by atoms with Crippen LogP contribution in [0.15, 0.2) is 11.6 Å². The van der Waals surface area contributed by atoms with Crippen molar-refractivity contribution in [2.24, 2.45) is 28.6 Å². The van der Waals surface area contributed by atoms with E-state index in [1.165, 1.54) is 18.4 Å². The fourth-order valence-corrected chi connectivity index (χ4v) is 5.70. The molecule has 0 aromatic heterocycles. The number of ether oxygens (including phenoxy) is 1. The molecule has 0 heterocycles. The maximum Gasteiger partial charge on any atom is 0.293 e. The lowest BCUT2D eigenvalue weighted by Gasteiger charge is -2.58. The molecule has 2 aliphatic carbocycles. The zero-order valence-corrected chi connectivity index (χ0v) is 16.2. The molecule has 0 amide bonds. The average Bonchev–Trinajstić information content (AvgIpc) is 2.50. The van der Waals surface area contributed by atoms with Crippen molar-refractivity contribution >= 4 is 6.47 Å². The number of aliphatic hydroxyl groups excluding tert-OH is 1. The largest absolute Gasteiger partial charge is 0.464 e. The van der Waals surface area contributed by atoms with Crippen LogP contribution in [0.3, 0.4) is 0 Å². The summed E-state index contributed by atoms with van der Waals surface area (Å²) in [5.41, 5.74) is 1.83. The third-order valence-corrected chi connectivity index (χ3v) is 7.28. The van der Waals surface area contributed by atoms with E-state index in [4.69, 9.17) is 9.84 Å². The summed E-state index contributed by atoms with van der Waals surface area (Å²) >= 11 is 0. The predicted molar refractivity (Wildman–Crippen MR) is 97.5 cm³/mol. The van der Waals surface area contributed by atoms with Crippen LogP contribution >= 0.6 is 0 Å². The zero-order valence-electron chi connectivity index (χ0n) is 16.2. The molecule has 1 N–H and O–H groups in total. The van der Waals surface area contributed by atoms with E-state index in [-0.39, 0.29) is 23.5 Å². The topological polar surface area (TPSA) is 46.5 Å². The number of carbonyl (C=O) groups is 1. The van der Waals surface area contributed by atoms with Gasteiger partial charge < -0.3 is 9.84 Å². The Balaban J connectivity index is 2.20. The Morgan fingerprint density at radius 1 is 1.38 bits per heavy atom. The molecule has 2 rings (SSSR count). The van der Waals surface area contributed by atoms with Gasteiger partial charge in [-0.3, -0.25) is 4.79 Å². The summed E-state index contributed by atoms with van der Waals surface area (Å²) in [6.45, 7) is 12.5. The summed E-state index contributed by atoms with van der Waals surface area (Å²) < 4.78 is 5.46. The zero-order chi connectivity index (χ0) is 18.0. The van der Waals surface area contributed by atoms with E-state index in [1.807, 2.05) is 0 Å². The number of carbonyl (C=O) groups excluding carboxylic acids is 1. The van der Waals surface area contributed by atoms with E-state index in [9.17, 15) is 4.79 Å². The second kappa shape index (κ2) is 7.59. The van der Waals surface area contributed by atoms with Gasteiger partial charge in [-0.1, -0.05) is 45.8 Å². The Kier molecular flexibility index (Phi) is 6.17. The molecule has 5 atom stereocenters. The second-order valence-electron chi connectivity index (χ2n) is 9.07. The molecule has 0 aromatic rings. The Labute approximate surface area is 147 Å². The van der Waals surface area contributed by atoms with Gasteiger partial charge in [0.25, 0.3) is 6.47 Å². The van der Waals surface area contributed by atoms with E-state index in [2.05, 4.69) is 40.7 Å². The van der Waals surface area contributed by atoms with Gasteiger partial charge >= 0.3 is 0 Å². The average molecular weight is 337 g/mol. The normalized spacial score (nSPS) is 36.4. The first-order valence-corrected chi connectivity index (χ1v) is 9.64. The standard InChI is InChI=1S/C21H36O3/c1-15(11-13-22)6-8-17-16(2)7-9-18-20(3,4)19(24-14-23)10-12-21(17,18)5/h7,14-15,17-19,22H,6,8-13H2,1-5H3/t15-,17-,18-,19-,21+/m0/s1. The van der Waals surface area contributed by atoms with E-state index in [0.717, 1.165) is 25.7 Å². The van der Waals surface area contributed by atoms with Gasteiger partial charge in [0.15, 0.2) is 0 Å². The van der Waals surface area contributed by atoms with Crippen LogP contribution in [0, 0.1) is 28.6 Å². The number of fused-ring (bicyclic) bond motifs is 1. The van der Waals surface area contributed by atoms with Crippen molar-refractivity contribution < 1.29 is 14.6 Å². The minimum Gasteiger partial charge on any atom is -0.464 e. The summed E-state index contributed by atoms with van der Waals surface area (Å²) in [5, 5.41) is 9.16. The summed E-state index contributed by atoms with van der Waals surface area (Å²) in [7, 11) is 0. The maximum absolute atomic E-state index is 10.9. The Morgan fingerprint density at radius 2 is 2.08 bits per heavy atom. The molecule has 0 bridgehead atoms. The van der Waals surface area contributed by atoms with Crippen molar-refractivity contribution in [3.05, 3.63) is 11.6 Å². The fourth-order valence-electron chi connectivity index (χ4n) is 5.70. The van der Waals surface area contributed by atoms with Gasteiger partial charge in [0, 0.05) is 12.0 Å². The Bertz CT molecular complexity index is 468. The van der Waals surface area contributed by atoms with Gasteiger partial charge in [0.1, 0.15) is 6.10 Å². The van der Waals surface area contributed by atoms with Crippen molar-refractivity contribution in [2.75, 3.05) is 6.61 Å². The lowest BCUT2D eigenvalue weighted by molar-refractivity contribution is -0.160. The van der Waals surface area contributed by atoms with Crippen LogP contribution in [0.4, 0.5) is 0 Å². The van der Waals surface area contributed by atoms with Crippen LogP contribution in [0.1, 0.15) is 73.1 Å². The highest BCUT2D eigenvalue weighted by Gasteiger charge is 2.55. The number of rotatable bonds is 7. The summed E-state index contributed by atoms with van der Waals surface area (Å²) in [6, 6.07) is 0. The maximum atomic E-state index is 10.9. The van der Waals surface area contributed by atoms with Gasteiger partial charge in [-0.05, 0) is 62.2 Å². The number of aliphatic hydroxyl groups is 1. The number of allylic oxidation sites excluding steroid dienone is 2. The molecule has 0 unspecified atom stereocenters. The quantitative estimate of drug-likeness (QED) is 0.540. The highest BCUT2D eigenvalue weighted by atomic mass is 16.5. The molecule has 0 saturated heterocycles. The Morgan fingerprint density at radius 3 is 2.71 bits per heavy atom. The Hall–Kier alpha value is -0.830.